The Labute approximate surface area is 309 Å². The van der Waals surface area contributed by atoms with E-state index in [1.54, 1.807) is 27.7 Å². The number of unbranched alkanes of at least 4 members (excludes halogenated alkanes) is 2. The molecule has 2 heterocycles. The smallest absolute Gasteiger partial charge is 0.303 e. The number of ether oxygens (including phenoxy) is 10. The quantitative estimate of drug-likeness (QED) is 0.0310. The van der Waals surface area contributed by atoms with Gasteiger partial charge in [0.1, 0.15) is 12.2 Å². The molecule has 300 valence electrons. The second kappa shape index (κ2) is 24.1. The molecule has 0 radical (unpaired) electrons. The van der Waals surface area contributed by atoms with Gasteiger partial charge in [-0.2, -0.15) is 0 Å². The zero-order chi connectivity index (χ0) is 39.5. The molecule has 0 spiro atoms. The number of azide groups is 3. The molecule has 53 heavy (non-hydrogen) atoms. The lowest BCUT2D eigenvalue weighted by Crippen LogP contribution is -2.65. The van der Waals surface area contributed by atoms with Crippen molar-refractivity contribution in [3.8, 4) is 0 Å². The second-order valence-corrected chi connectivity index (χ2v) is 12.7. The molecular weight excluding hydrogens is 702 g/mol. The van der Waals surface area contributed by atoms with Crippen molar-refractivity contribution >= 4 is 11.9 Å². The van der Waals surface area contributed by atoms with Crippen molar-refractivity contribution in [1.82, 2.24) is 0 Å². The Bertz CT molecular complexity index is 1280. The molecule has 0 saturated carbocycles. The highest BCUT2D eigenvalue weighted by Gasteiger charge is 2.54. The fourth-order valence-electron chi connectivity index (χ4n) is 5.73. The van der Waals surface area contributed by atoms with Gasteiger partial charge in [0.15, 0.2) is 31.1 Å². The monoisotopic (exact) mass is 757 g/mol. The molecule has 21 heteroatoms. The first-order chi connectivity index (χ1) is 25.4. The number of carbonyl (C=O) groups excluding carboxylic acids is 2. The van der Waals surface area contributed by atoms with Gasteiger partial charge in [-0.15, -0.1) is 0 Å². The van der Waals surface area contributed by atoms with Gasteiger partial charge in [-0.1, -0.05) is 49.0 Å². The van der Waals surface area contributed by atoms with Crippen LogP contribution in [0.1, 0.15) is 81.1 Å². The van der Waals surface area contributed by atoms with Crippen molar-refractivity contribution < 1.29 is 57.0 Å². The van der Waals surface area contributed by atoms with Gasteiger partial charge in [0.05, 0.1) is 49.1 Å². The number of nitrogens with zero attached hydrogens (tertiary/aromatic N) is 9. The van der Waals surface area contributed by atoms with Crippen molar-refractivity contribution in [3.05, 3.63) is 31.3 Å². The summed E-state index contributed by atoms with van der Waals surface area (Å²) in [5, 5.41) is 11.6. The zero-order valence-corrected chi connectivity index (χ0v) is 32.0. The standard InChI is InChI=1S/C32H55N9O12/c1-10-12-14-45-16-23(50-21(7)42)30(47-18(4)17(3)36-39-33)53-28-26(46-15-13-11-2)24(37-40-34)19(5)49-32(28)52-27-25(38-41-35)20(6)48-31(44-9)29(27)51-22(8)43/h17-20,23-32H,10-16H2,1-9H3/t17-,18?,19?,20?,23+,24+,25+,26?,27?,28+,29+,30+,31?,32+/m0/s1. The van der Waals surface area contributed by atoms with Crippen LogP contribution in [0.5, 0.6) is 0 Å². The van der Waals surface area contributed by atoms with Crippen LogP contribution in [0.2, 0.25) is 0 Å². The van der Waals surface area contributed by atoms with Gasteiger partial charge >= 0.3 is 11.9 Å². The van der Waals surface area contributed by atoms with Crippen molar-refractivity contribution in [2.24, 2.45) is 15.3 Å². The minimum absolute atomic E-state index is 0.149. The molecule has 0 aromatic rings. The Morgan fingerprint density at radius 2 is 1.42 bits per heavy atom. The first-order valence-corrected chi connectivity index (χ1v) is 17.8. The lowest BCUT2D eigenvalue weighted by atomic mass is 9.95. The van der Waals surface area contributed by atoms with E-state index in [0.717, 1.165) is 19.3 Å². The number of carbonyl (C=O) groups is 2. The summed E-state index contributed by atoms with van der Waals surface area (Å²) in [4.78, 5) is 33.6. The molecular formula is C32H55N9O12. The zero-order valence-electron chi connectivity index (χ0n) is 32.0. The van der Waals surface area contributed by atoms with Crippen molar-refractivity contribution in [2.45, 2.75) is 167 Å². The molecule has 0 aliphatic carbocycles. The van der Waals surface area contributed by atoms with Crippen molar-refractivity contribution in [3.63, 3.8) is 0 Å². The van der Waals surface area contributed by atoms with Crippen molar-refractivity contribution in [2.75, 3.05) is 26.9 Å². The minimum atomic E-state index is -1.43. The van der Waals surface area contributed by atoms with Gasteiger partial charge in [0.25, 0.3) is 0 Å². The predicted octanol–water partition coefficient (Wildman–Crippen LogP) is 5.55. The summed E-state index contributed by atoms with van der Waals surface area (Å²) in [6.07, 6.45) is -9.42. The van der Waals surface area contributed by atoms with E-state index in [1.807, 2.05) is 13.8 Å². The molecule has 6 unspecified atom stereocenters. The Balaban J connectivity index is 2.78. The van der Waals surface area contributed by atoms with Crippen LogP contribution in [0.15, 0.2) is 15.3 Å². The molecule has 2 fully saturated rings. The van der Waals surface area contributed by atoms with E-state index in [9.17, 15) is 20.7 Å². The molecule has 21 nitrogen and oxygen atoms in total. The molecule has 0 aromatic carbocycles. The maximum Gasteiger partial charge on any atom is 0.303 e. The molecule has 2 aliphatic rings. The third kappa shape index (κ3) is 14.0. The fourth-order valence-corrected chi connectivity index (χ4v) is 5.73. The largest absolute Gasteiger partial charge is 0.455 e. The van der Waals surface area contributed by atoms with E-state index >= 15 is 0 Å². The average Bonchev–Trinajstić information content (AvgIpc) is 3.10. The van der Waals surface area contributed by atoms with Crippen LogP contribution >= 0.6 is 0 Å². The minimum Gasteiger partial charge on any atom is -0.455 e. The molecule has 2 saturated heterocycles. The number of rotatable bonds is 23. The SMILES string of the molecule is CCCCOC[C@@H](OC(C)=O)[C@H](OC(C)[C@H](C)N=[N+]=[N-])O[C@@H]1C(OCCCC)[C@H](N=[N+]=[N-])C(C)O[C@@H]1OC1[C@H](N=[N+]=[N-])C(C)OC(OC)[C@@H]1OC(C)=O. The molecule has 2 rings (SSSR count). The molecule has 0 N–H and O–H groups in total. The van der Waals surface area contributed by atoms with Crippen LogP contribution < -0.4 is 0 Å². The first-order valence-electron chi connectivity index (χ1n) is 17.8. The van der Waals surface area contributed by atoms with Crippen LogP contribution in [0.25, 0.3) is 31.3 Å². The molecule has 2 aliphatic heterocycles. The maximum atomic E-state index is 12.4. The van der Waals surface area contributed by atoms with E-state index in [-0.39, 0.29) is 13.2 Å². The third-order valence-electron chi connectivity index (χ3n) is 8.62. The predicted molar refractivity (Wildman–Crippen MR) is 186 cm³/mol. The first kappa shape index (κ1) is 45.7. The van der Waals surface area contributed by atoms with E-state index in [0.29, 0.717) is 13.0 Å². The van der Waals surface area contributed by atoms with Gasteiger partial charge in [-0.3, -0.25) is 9.59 Å². The van der Waals surface area contributed by atoms with E-state index in [4.69, 9.17) is 52.9 Å². The fraction of sp³-hybridized carbons (Fsp3) is 0.938. The maximum absolute atomic E-state index is 12.4. The van der Waals surface area contributed by atoms with Crippen LogP contribution in [-0.4, -0.2) is 125 Å². The highest BCUT2D eigenvalue weighted by Crippen LogP contribution is 2.36. The summed E-state index contributed by atoms with van der Waals surface area (Å²) < 4.78 is 60.8. The summed E-state index contributed by atoms with van der Waals surface area (Å²) in [7, 11) is 1.35. The van der Waals surface area contributed by atoms with Crippen LogP contribution in [-0.2, 0) is 57.0 Å². The van der Waals surface area contributed by atoms with Gasteiger partial charge in [-0.25, -0.2) is 0 Å². The summed E-state index contributed by atoms with van der Waals surface area (Å²) >= 11 is 0. The van der Waals surface area contributed by atoms with Crippen LogP contribution in [0, 0.1) is 0 Å². The summed E-state index contributed by atoms with van der Waals surface area (Å²) in [5.74, 6) is -1.35. The highest BCUT2D eigenvalue weighted by atomic mass is 16.8. The Kier molecular flexibility index (Phi) is 20.7. The summed E-state index contributed by atoms with van der Waals surface area (Å²) in [6.45, 7) is 13.4. The van der Waals surface area contributed by atoms with Gasteiger partial charge in [-0.05, 0) is 50.2 Å². The van der Waals surface area contributed by atoms with Gasteiger partial charge in [0, 0.05) is 48.9 Å². The lowest BCUT2D eigenvalue weighted by molar-refractivity contribution is -0.359. The van der Waals surface area contributed by atoms with E-state index in [2.05, 4.69) is 30.1 Å². The number of hydrogen-bond donors (Lipinski definition) is 0. The van der Waals surface area contributed by atoms with Gasteiger partial charge < -0.3 is 47.4 Å². The molecule has 0 aromatic heterocycles. The average molecular weight is 758 g/mol. The Morgan fingerprint density at radius 1 is 0.811 bits per heavy atom. The van der Waals surface area contributed by atoms with E-state index in [1.165, 1.54) is 21.0 Å². The van der Waals surface area contributed by atoms with E-state index < -0.39 is 97.8 Å². The topological polar surface area (TPSA) is 273 Å². The normalized spacial score (nSPS) is 30.7. The number of methoxy groups -OCH3 is 1. The number of esters is 2. The third-order valence-corrected chi connectivity index (χ3v) is 8.62. The summed E-state index contributed by atoms with van der Waals surface area (Å²) in [5.41, 5.74) is 28.2. The molecule has 14 atom stereocenters. The van der Waals surface area contributed by atoms with Crippen LogP contribution in [0.4, 0.5) is 0 Å². The molecule has 0 amide bonds. The lowest BCUT2D eigenvalue weighted by Gasteiger charge is -2.49. The second-order valence-electron chi connectivity index (χ2n) is 12.7. The van der Waals surface area contributed by atoms with Crippen molar-refractivity contribution in [1.29, 1.82) is 0 Å². The van der Waals surface area contributed by atoms with Gasteiger partial charge in [0.2, 0.25) is 0 Å². The summed E-state index contributed by atoms with van der Waals surface area (Å²) in [6, 6.07) is -2.73. The number of hydrogen-bond acceptors (Lipinski definition) is 15. The Morgan fingerprint density at radius 3 is 1.96 bits per heavy atom. The van der Waals surface area contributed by atoms with Crippen LogP contribution in [0.3, 0.4) is 0 Å². The highest BCUT2D eigenvalue weighted by molar-refractivity contribution is 5.66. The Hall–Kier alpha value is -3.45. The molecule has 0 bridgehead atoms.